The van der Waals surface area contributed by atoms with E-state index >= 15 is 0 Å². The van der Waals surface area contributed by atoms with Crippen molar-refractivity contribution >= 4 is 11.8 Å². The van der Waals surface area contributed by atoms with Crippen molar-refractivity contribution in [1.29, 1.82) is 0 Å². The van der Waals surface area contributed by atoms with Gasteiger partial charge in [0.05, 0.1) is 6.10 Å². The van der Waals surface area contributed by atoms with Crippen LogP contribution in [-0.4, -0.2) is 10.9 Å². The van der Waals surface area contributed by atoms with Crippen molar-refractivity contribution in [3.05, 3.63) is 29.6 Å². The van der Waals surface area contributed by atoms with Crippen LogP contribution in [0.25, 0.3) is 0 Å². The second-order valence-electron chi connectivity index (χ2n) is 4.04. The Hall–Kier alpha value is -0.540. The number of rotatable bonds is 4. The summed E-state index contributed by atoms with van der Waals surface area (Å²) in [4.78, 5) is 0.584. The van der Waals surface area contributed by atoms with E-state index in [-0.39, 0.29) is 5.82 Å². The van der Waals surface area contributed by atoms with Gasteiger partial charge in [-0.05, 0) is 24.5 Å². The summed E-state index contributed by atoms with van der Waals surface area (Å²) in [6.07, 6.45) is -0.615. The van der Waals surface area contributed by atoms with Gasteiger partial charge >= 0.3 is 0 Å². The number of halogens is 1. The quantitative estimate of drug-likeness (QED) is 0.794. The molecular weight excluding hydrogens is 211 g/mol. The average molecular weight is 228 g/mol. The third-order valence-corrected chi connectivity index (χ3v) is 3.56. The third-order valence-electron chi connectivity index (χ3n) is 2.01. The smallest absolute Gasteiger partial charge is 0.137 e. The minimum atomic E-state index is -0.615. The Bertz CT molecular complexity index is 323. The molecule has 0 amide bonds. The topological polar surface area (TPSA) is 20.2 Å². The Morgan fingerprint density at radius 3 is 2.53 bits per heavy atom. The molecule has 0 saturated carbocycles. The predicted octanol–water partition coefficient (Wildman–Crippen LogP) is 3.63. The van der Waals surface area contributed by atoms with Gasteiger partial charge in [-0.1, -0.05) is 26.0 Å². The van der Waals surface area contributed by atoms with Gasteiger partial charge in [0.2, 0.25) is 0 Å². The van der Waals surface area contributed by atoms with Crippen LogP contribution in [0.3, 0.4) is 0 Å². The van der Waals surface area contributed by atoms with Crippen LogP contribution < -0.4 is 0 Å². The van der Waals surface area contributed by atoms with Crippen molar-refractivity contribution in [3.8, 4) is 0 Å². The summed E-state index contributed by atoms with van der Waals surface area (Å²) in [7, 11) is 0. The molecule has 1 rings (SSSR count). The van der Waals surface area contributed by atoms with Crippen LogP contribution in [0.1, 0.15) is 32.4 Å². The standard InChI is InChI=1S/C12H17FOS/c1-8(2)7-15-12-10(9(3)14)5-4-6-11(12)13/h4-6,8-9,14H,7H2,1-3H3. The highest BCUT2D eigenvalue weighted by Gasteiger charge is 2.13. The molecule has 0 saturated heterocycles. The Morgan fingerprint density at radius 2 is 2.00 bits per heavy atom. The zero-order valence-corrected chi connectivity index (χ0v) is 10.1. The number of hydrogen-bond acceptors (Lipinski definition) is 2. The average Bonchev–Trinajstić information content (AvgIpc) is 2.15. The highest BCUT2D eigenvalue weighted by Crippen LogP contribution is 2.31. The first-order valence-corrected chi connectivity index (χ1v) is 6.10. The van der Waals surface area contributed by atoms with Crippen LogP contribution in [0.15, 0.2) is 23.1 Å². The van der Waals surface area contributed by atoms with Crippen molar-refractivity contribution < 1.29 is 9.50 Å². The van der Waals surface area contributed by atoms with Gasteiger partial charge in [0.15, 0.2) is 0 Å². The molecule has 1 unspecified atom stereocenters. The number of benzene rings is 1. The fourth-order valence-corrected chi connectivity index (χ4v) is 2.37. The van der Waals surface area contributed by atoms with Gasteiger partial charge in [-0.3, -0.25) is 0 Å². The lowest BCUT2D eigenvalue weighted by atomic mass is 10.1. The normalized spacial score (nSPS) is 13.2. The zero-order valence-electron chi connectivity index (χ0n) is 9.33. The van der Waals surface area contributed by atoms with Gasteiger partial charge < -0.3 is 5.11 Å². The zero-order chi connectivity index (χ0) is 11.4. The highest BCUT2D eigenvalue weighted by atomic mass is 32.2. The van der Waals surface area contributed by atoms with Crippen molar-refractivity contribution in [2.24, 2.45) is 5.92 Å². The molecule has 0 spiro atoms. The maximum absolute atomic E-state index is 13.5. The molecule has 0 aromatic heterocycles. The molecule has 0 bridgehead atoms. The molecule has 1 N–H and O–H groups in total. The van der Waals surface area contributed by atoms with Crippen LogP contribution in [0.5, 0.6) is 0 Å². The SMILES string of the molecule is CC(C)CSc1c(F)cccc1C(C)O. The van der Waals surface area contributed by atoms with E-state index in [9.17, 15) is 9.50 Å². The molecule has 0 aliphatic carbocycles. The lowest BCUT2D eigenvalue weighted by Gasteiger charge is -2.13. The van der Waals surface area contributed by atoms with Gasteiger partial charge in [0.25, 0.3) is 0 Å². The van der Waals surface area contributed by atoms with Gasteiger partial charge in [0, 0.05) is 10.6 Å². The maximum Gasteiger partial charge on any atom is 0.137 e. The maximum atomic E-state index is 13.5. The second-order valence-corrected chi connectivity index (χ2v) is 5.07. The summed E-state index contributed by atoms with van der Waals surface area (Å²) >= 11 is 1.48. The first kappa shape index (κ1) is 12.5. The molecule has 0 radical (unpaired) electrons. The van der Waals surface area contributed by atoms with Crippen LogP contribution in [0.2, 0.25) is 0 Å². The van der Waals surface area contributed by atoms with Crippen LogP contribution in [-0.2, 0) is 0 Å². The van der Waals surface area contributed by atoms with Gasteiger partial charge in [-0.25, -0.2) is 4.39 Å². The highest BCUT2D eigenvalue weighted by molar-refractivity contribution is 7.99. The number of aliphatic hydroxyl groups excluding tert-OH is 1. The molecule has 1 atom stereocenters. The molecule has 15 heavy (non-hydrogen) atoms. The molecule has 0 aliphatic rings. The van der Waals surface area contributed by atoms with Crippen LogP contribution >= 0.6 is 11.8 Å². The summed E-state index contributed by atoms with van der Waals surface area (Å²) in [5, 5.41) is 9.51. The van der Waals surface area contributed by atoms with E-state index in [1.807, 2.05) is 0 Å². The van der Waals surface area contributed by atoms with E-state index in [0.717, 1.165) is 5.75 Å². The Kier molecular flexibility index (Phi) is 4.61. The fourth-order valence-electron chi connectivity index (χ4n) is 1.26. The Labute approximate surface area is 94.7 Å². The van der Waals surface area contributed by atoms with E-state index in [2.05, 4.69) is 13.8 Å². The first-order valence-electron chi connectivity index (χ1n) is 5.11. The van der Waals surface area contributed by atoms with E-state index in [1.54, 1.807) is 19.1 Å². The number of aliphatic hydroxyl groups is 1. The third kappa shape index (κ3) is 3.50. The molecule has 1 aromatic rings. The van der Waals surface area contributed by atoms with E-state index in [0.29, 0.717) is 16.4 Å². The lowest BCUT2D eigenvalue weighted by Crippen LogP contribution is -1.99. The second kappa shape index (κ2) is 5.52. The summed E-state index contributed by atoms with van der Waals surface area (Å²) in [5.41, 5.74) is 0.681. The van der Waals surface area contributed by atoms with E-state index in [4.69, 9.17) is 0 Å². The number of hydrogen-bond donors (Lipinski definition) is 1. The summed E-state index contributed by atoms with van der Waals surface area (Å²) in [5.74, 6) is 1.14. The Morgan fingerprint density at radius 1 is 1.33 bits per heavy atom. The molecule has 0 heterocycles. The van der Waals surface area contributed by atoms with Crippen LogP contribution in [0.4, 0.5) is 4.39 Å². The molecule has 1 nitrogen and oxygen atoms in total. The van der Waals surface area contributed by atoms with Crippen LogP contribution in [0, 0.1) is 11.7 Å². The number of thioether (sulfide) groups is 1. The van der Waals surface area contributed by atoms with E-state index in [1.165, 1.54) is 17.8 Å². The van der Waals surface area contributed by atoms with Crippen molar-refractivity contribution in [2.45, 2.75) is 31.8 Å². The minimum Gasteiger partial charge on any atom is -0.389 e. The summed E-state index contributed by atoms with van der Waals surface area (Å²) < 4.78 is 13.5. The van der Waals surface area contributed by atoms with E-state index < -0.39 is 6.10 Å². The molecule has 0 fully saturated rings. The monoisotopic (exact) mass is 228 g/mol. The first-order chi connectivity index (χ1) is 7.02. The Balaban J connectivity index is 2.92. The minimum absolute atomic E-state index is 0.237. The van der Waals surface area contributed by atoms with Gasteiger partial charge in [-0.2, -0.15) is 0 Å². The lowest BCUT2D eigenvalue weighted by molar-refractivity contribution is 0.195. The molecule has 3 heteroatoms. The van der Waals surface area contributed by atoms with Gasteiger partial charge in [-0.15, -0.1) is 11.8 Å². The molecule has 84 valence electrons. The van der Waals surface area contributed by atoms with Gasteiger partial charge in [0.1, 0.15) is 5.82 Å². The molecule has 1 aromatic carbocycles. The predicted molar refractivity (Wildman–Crippen MR) is 62.6 cm³/mol. The van der Waals surface area contributed by atoms with Crippen molar-refractivity contribution in [3.63, 3.8) is 0 Å². The summed E-state index contributed by atoms with van der Waals surface area (Å²) in [6.45, 7) is 5.85. The summed E-state index contributed by atoms with van der Waals surface area (Å²) in [6, 6.07) is 4.85. The largest absolute Gasteiger partial charge is 0.389 e. The van der Waals surface area contributed by atoms with Crippen molar-refractivity contribution in [2.75, 3.05) is 5.75 Å². The fraction of sp³-hybridized carbons (Fsp3) is 0.500. The molecular formula is C12H17FOS. The van der Waals surface area contributed by atoms with Crippen molar-refractivity contribution in [1.82, 2.24) is 0 Å². The molecule has 0 aliphatic heterocycles.